The Morgan fingerprint density at radius 2 is 2.35 bits per heavy atom. The molecule has 0 amide bonds. The van der Waals surface area contributed by atoms with Gasteiger partial charge in [-0.2, -0.15) is 0 Å². The molecule has 0 radical (unpaired) electrons. The molecular weight excluding hydrogens is 234 g/mol. The predicted octanol–water partition coefficient (Wildman–Crippen LogP) is 2.24. The van der Waals surface area contributed by atoms with E-state index in [-0.39, 0.29) is 0 Å². The number of nitrogens with zero attached hydrogens (tertiary/aromatic N) is 3. The van der Waals surface area contributed by atoms with E-state index in [1.54, 1.807) is 11.3 Å². The van der Waals surface area contributed by atoms with Crippen molar-refractivity contribution in [3.05, 3.63) is 10.0 Å². The molecule has 2 rings (SSSR count). The fourth-order valence-corrected chi connectivity index (χ4v) is 2.92. The number of hydrogen-bond acceptors (Lipinski definition) is 5. The molecule has 4 nitrogen and oxygen atoms in total. The molecule has 0 aromatic carbocycles. The molecule has 1 saturated heterocycles. The van der Waals surface area contributed by atoms with Gasteiger partial charge in [0.05, 0.1) is 12.6 Å². The van der Waals surface area contributed by atoms with Crippen LogP contribution >= 0.6 is 11.3 Å². The first-order valence-corrected chi connectivity index (χ1v) is 7.22. The molecule has 0 bridgehead atoms. The number of piperidine rings is 1. The van der Waals surface area contributed by atoms with E-state index >= 15 is 0 Å². The van der Waals surface area contributed by atoms with E-state index in [4.69, 9.17) is 4.74 Å². The molecule has 1 aliphatic heterocycles. The summed E-state index contributed by atoms with van der Waals surface area (Å²) in [6.45, 7) is 8.17. The molecule has 1 aromatic rings. The molecule has 0 N–H and O–H groups in total. The minimum atomic E-state index is 0.415. The Morgan fingerprint density at radius 3 is 3.06 bits per heavy atom. The highest BCUT2D eigenvalue weighted by atomic mass is 32.1. The van der Waals surface area contributed by atoms with Gasteiger partial charge in [0.2, 0.25) is 0 Å². The van der Waals surface area contributed by atoms with Crippen molar-refractivity contribution in [1.82, 2.24) is 15.1 Å². The van der Waals surface area contributed by atoms with Gasteiger partial charge in [0.25, 0.3) is 0 Å². The van der Waals surface area contributed by atoms with Crippen molar-refractivity contribution in [1.29, 1.82) is 0 Å². The van der Waals surface area contributed by atoms with Crippen LogP contribution < -0.4 is 0 Å². The lowest BCUT2D eigenvalue weighted by atomic mass is 10.1. The van der Waals surface area contributed by atoms with Crippen molar-refractivity contribution < 1.29 is 4.74 Å². The first-order valence-electron chi connectivity index (χ1n) is 6.41. The van der Waals surface area contributed by atoms with Crippen molar-refractivity contribution in [3.63, 3.8) is 0 Å². The first kappa shape index (κ1) is 12.9. The van der Waals surface area contributed by atoms with Gasteiger partial charge in [0, 0.05) is 13.2 Å². The minimum absolute atomic E-state index is 0.415. The van der Waals surface area contributed by atoms with Crippen LogP contribution in [0, 0.1) is 6.92 Å². The van der Waals surface area contributed by atoms with E-state index in [2.05, 4.69) is 22.0 Å². The van der Waals surface area contributed by atoms with Gasteiger partial charge in [-0.15, -0.1) is 21.5 Å². The Hall–Kier alpha value is -0.520. The summed E-state index contributed by atoms with van der Waals surface area (Å²) in [6.07, 6.45) is 3.95. The zero-order chi connectivity index (χ0) is 12.1. The molecule has 1 aromatic heterocycles. The fraction of sp³-hybridized carbons (Fsp3) is 0.833. The van der Waals surface area contributed by atoms with Gasteiger partial charge in [-0.3, -0.25) is 4.90 Å². The zero-order valence-corrected chi connectivity index (χ0v) is 11.5. The minimum Gasteiger partial charge on any atom is -0.377 e. The molecule has 1 fully saturated rings. The Bertz CT molecular complexity index is 342. The second-order valence-electron chi connectivity index (χ2n) is 4.58. The summed E-state index contributed by atoms with van der Waals surface area (Å²) in [5.41, 5.74) is 0. The highest BCUT2D eigenvalue weighted by Gasteiger charge is 2.21. The van der Waals surface area contributed by atoms with Crippen molar-refractivity contribution in [3.8, 4) is 0 Å². The fourth-order valence-electron chi connectivity index (χ4n) is 2.17. The van der Waals surface area contributed by atoms with E-state index < -0.39 is 0 Å². The molecule has 1 aliphatic rings. The van der Waals surface area contributed by atoms with Gasteiger partial charge in [-0.1, -0.05) is 6.92 Å². The van der Waals surface area contributed by atoms with Crippen LogP contribution in [0.5, 0.6) is 0 Å². The molecule has 0 saturated carbocycles. The van der Waals surface area contributed by atoms with Gasteiger partial charge in [-0.25, -0.2) is 0 Å². The third kappa shape index (κ3) is 4.01. The summed E-state index contributed by atoms with van der Waals surface area (Å²) in [5.74, 6) is 0. The molecule has 17 heavy (non-hydrogen) atoms. The Labute approximate surface area is 107 Å². The molecule has 96 valence electrons. The number of hydrogen-bond donors (Lipinski definition) is 0. The summed E-state index contributed by atoms with van der Waals surface area (Å²) in [7, 11) is 0. The third-order valence-electron chi connectivity index (χ3n) is 2.95. The maximum absolute atomic E-state index is 5.83. The smallest absolute Gasteiger partial charge is 0.131 e. The van der Waals surface area contributed by atoms with E-state index in [1.165, 1.54) is 12.8 Å². The molecule has 2 heterocycles. The molecule has 1 atom stereocenters. The van der Waals surface area contributed by atoms with Crippen LogP contribution in [-0.2, 0) is 11.3 Å². The molecule has 0 spiro atoms. The van der Waals surface area contributed by atoms with E-state index in [0.29, 0.717) is 6.10 Å². The van der Waals surface area contributed by atoms with Crippen molar-refractivity contribution in [2.24, 2.45) is 0 Å². The van der Waals surface area contributed by atoms with E-state index in [9.17, 15) is 0 Å². The SMILES string of the molecule is CCCOC1CCCN(Cc2nnc(C)s2)C1. The lowest BCUT2D eigenvalue weighted by Crippen LogP contribution is -2.39. The molecule has 0 aliphatic carbocycles. The Balaban J connectivity index is 1.80. The average Bonchev–Trinajstić information content (AvgIpc) is 2.73. The van der Waals surface area contributed by atoms with Crippen molar-refractivity contribution >= 4 is 11.3 Å². The van der Waals surface area contributed by atoms with Gasteiger partial charge < -0.3 is 4.74 Å². The molecule has 1 unspecified atom stereocenters. The second-order valence-corrected chi connectivity index (χ2v) is 5.85. The number of aryl methyl sites for hydroxylation is 1. The van der Waals surface area contributed by atoms with Crippen LogP contribution in [0.2, 0.25) is 0 Å². The van der Waals surface area contributed by atoms with Crippen LogP contribution in [0.15, 0.2) is 0 Å². The molecule has 5 heteroatoms. The molecular formula is C12H21N3OS. The van der Waals surface area contributed by atoms with Gasteiger partial charge >= 0.3 is 0 Å². The zero-order valence-electron chi connectivity index (χ0n) is 10.7. The topological polar surface area (TPSA) is 38.2 Å². The number of rotatable bonds is 5. The lowest BCUT2D eigenvalue weighted by Gasteiger charge is -2.31. The summed E-state index contributed by atoms with van der Waals surface area (Å²) in [5, 5.41) is 10.4. The highest BCUT2D eigenvalue weighted by molar-refractivity contribution is 7.11. The number of likely N-dealkylation sites (tertiary alicyclic amines) is 1. The summed E-state index contributed by atoms with van der Waals surface area (Å²) < 4.78 is 5.83. The van der Waals surface area contributed by atoms with Gasteiger partial charge in [0.15, 0.2) is 0 Å². The quantitative estimate of drug-likeness (QED) is 0.809. The second kappa shape index (κ2) is 6.42. The maximum atomic E-state index is 5.83. The largest absolute Gasteiger partial charge is 0.377 e. The third-order valence-corrected chi connectivity index (χ3v) is 3.77. The Morgan fingerprint density at radius 1 is 1.47 bits per heavy atom. The lowest BCUT2D eigenvalue weighted by molar-refractivity contribution is -0.00228. The van der Waals surface area contributed by atoms with Crippen LogP contribution in [0.1, 0.15) is 36.2 Å². The summed E-state index contributed by atoms with van der Waals surface area (Å²) >= 11 is 1.70. The Kier molecular flexibility index (Phi) is 4.88. The van der Waals surface area contributed by atoms with Crippen molar-refractivity contribution in [2.75, 3.05) is 19.7 Å². The number of aromatic nitrogens is 2. The van der Waals surface area contributed by atoms with Crippen LogP contribution in [0.4, 0.5) is 0 Å². The summed E-state index contributed by atoms with van der Waals surface area (Å²) in [6, 6.07) is 0. The van der Waals surface area contributed by atoms with Gasteiger partial charge in [-0.05, 0) is 32.7 Å². The predicted molar refractivity (Wildman–Crippen MR) is 69.2 cm³/mol. The first-order chi connectivity index (χ1) is 8.28. The van der Waals surface area contributed by atoms with Crippen LogP contribution in [0.25, 0.3) is 0 Å². The maximum Gasteiger partial charge on any atom is 0.131 e. The summed E-state index contributed by atoms with van der Waals surface area (Å²) in [4.78, 5) is 2.43. The van der Waals surface area contributed by atoms with E-state index in [0.717, 1.165) is 42.7 Å². The monoisotopic (exact) mass is 255 g/mol. The number of ether oxygens (including phenoxy) is 1. The van der Waals surface area contributed by atoms with Crippen LogP contribution in [0.3, 0.4) is 0 Å². The normalized spacial score (nSPS) is 21.9. The highest BCUT2D eigenvalue weighted by Crippen LogP contribution is 2.17. The van der Waals surface area contributed by atoms with Crippen molar-refractivity contribution in [2.45, 2.75) is 45.8 Å². The van der Waals surface area contributed by atoms with Crippen LogP contribution in [-0.4, -0.2) is 40.9 Å². The van der Waals surface area contributed by atoms with Gasteiger partial charge in [0.1, 0.15) is 10.0 Å². The standard InChI is InChI=1S/C12H21N3OS/c1-3-7-16-11-5-4-6-15(8-11)9-12-14-13-10(2)17-12/h11H,3-9H2,1-2H3. The van der Waals surface area contributed by atoms with E-state index in [1.807, 2.05) is 6.92 Å². The average molecular weight is 255 g/mol.